The highest BCUT2D eigenvalue weighted by Crippen LogP contribution is 2.28. The molecule has 1 aliphatic heterocycles. The number of fused-ring (bicyclic) bond motifs is 1. The third kappa shape index (κ3) is 2.95. The Labute approximate surface area is 148 Å². The topological polar surface area (TPSA) is 104 Å². The molecule has 26 heavy (non-hydrogen) atoms. The van der Waals surface area contributed by atoms with Crippen molar-refractivity contribution in [3.8, 4) is 0 Å². The molecule has 1 aromatic carbocycles. The van der Waals surface area contributed by atoms with E-state index in [0.29, 0.717) is 17.9 Å². The van der Waals surface area contributed by atoms with Gasteiger partial charge in [-0.1, -0.05) is 18.2 Å². The van der Waals surface area contributed by atoms with E-state index in [0.717, 1.165) is 42.6 Å². The molecule has 8 nitrogen and oxygen atoms in total. The van der Waals surface area contributed by atoms with Gasteiger partial charge in [0.2, 0.25) is 0 Å². The predicted molar refractivity (Wildman–Crippen MR) is 97.8 cm³/mol. The third-order valence-corrected chi connectivity index (χ3v) is 4.61. The molecule has 0 spiro atoms. The Balaban J connectivity index is 1.86. The van der Waals surface area contributed by atoms with Crippen LogP contribution in [0.25, 0.3) is 10.9 Å². The van der Waals surface area contributed by atoms with E-state index in [1.807, 2.05) is 24.3 Å². The number of pyridine rings is 1. The van der Waals surface area contributed by atoms with E-state index < -0.39 is 4.92 Å². The molecule has 134 valence electrons. The fourth-order valence-electron chi connectivity index (χ4n) is 3.44. The Morgan fingerprint density at radius 2 is 1.92 bits per heavy atom. The van der Waals surface area contributed by atoms with Crippen molar-refractivity contribution in [1.29, 1.82) is 0 Å². The number of nitro groups is 1. The number of nitrogens with zero attached hydrogens (tertiary/aromatic N) is 2. The smallest absolute Gasteiger partial charge is 0.405 e. The summed E-state index contributed by atoms with van der Waals surface area (Å²) in [5, 5.41) is 15.1. The lowest BCUT2D eigenvalue weighted by Crippen LogP contribution is -2.46. The van der Waals surface area contributed by atoms with Crippen LogP contribution in [0.15, 0.2) is 45.6 Å². The maximum atomic E-state index is 12.8. The molecule has 3 heterocycles. The highest BCUT2D eigenvalue weighted by Gasteiger charge is 2.22. The Hall–Kier alpha value is -3.13. The highest BCUT2D eigenvalue weighted by molar-refractivity contribution is 5.87. The van der Waals surface area contributed by atoms with Crippen molar-refractivity contribution in [1.82, 2.24) is 10.3 Å². The Morgan fingerprint density at radius 1 is 1.15 bits per heavy atom. The third-order valence-electron chi connectivity index (χ3n) is 4.61. The number of hydrogen-bond acceptors (Lipinski definition) is 6. The fourth-order valence-corrected chi connectivity index (χ4v) is 3.44. The Kier molecular flexibility index (Phi) is 4.18. The second-order valence-electron chi connectivity index (χ2n) is 6.24. The largest absolute Gasteiger partial charge is 0.433 e. The van der Waals surface area contributed by atoms with Gasteiger partial charge in [-0.2, -0.15) is 0 Å². The molecule has 0 bridgehead atoms. The summed E-state index contributed by atoms with van der Waals surface area (Å²) in [5.41, 5.74) is 2.04. The number of piperazine rings is 1. The first-order valence-electron chi connectivity index (χ1n) is 8.46. The van der Waals surface area contributed by atoms with E-state index >= 15 is 0 Å². The molecule has 0 saturated carbocycles. The average Bonchev–Trinajstić information content (AvgIpc) is 3.11. The van der Waals surface area contributed by atoms with Crippen molar-refractivity contribution in [2.45, 2.75) is 6.42 Å². The quantitative estimate of drug-likeness (QED) is 0.549. The van der Waals surface area contributed by atoms with Crippen LogP contribution in [0.3, 0.4) is 0 Å². The van der Waals surface area contributed by atoms with Crippen LogP contribution >= 0.6 is 0 Å². The number of para-hydroxylation sites is 1. The summed E-state index contributed by atoms with van der Waals surface area (Å²) in [7, 11) is 0. The number of hydrogen-bond donors (Lipinski definition) is 2. The number of aromatic nitrogens is 1. The normalized spacial score (nSPS) is 14.7. The van der Waals surface area contributed by atoms with Crippen LogP contribution in [0.4, 0.5) is 11.6 Å². The lowest BCUT2D eigenvalue weighted by Gasteiger charge is -2.30. The van der Waals surface area contributed by atoms with Gasteiger partial charge in [0.1, 0.15) is 16.4 Å². The second kappa shape index (κ2) is 6.64. The van der Waals surface area contributed by atoms with Gasteiger partial charge in [0, 0.05) is 43.5 Å². The molecule has 1 aliphatic rings. The molecular weight excluding hydrogens is 336 g/mol. The fraction of sp³-hybridized carbons (Fsp3) is 0.278. The van der Waals surface area contributed by atoms with Crippen molar-refractivity contribution in [2.24, 2.45) is 0 Å². The zero-order valence-corrected chi connectivity index (χ0v) is 14.0. The van der Waals surface area contributed by atoms with Crippen molar-refractivity contribution < 1.29 is 9.34 Å². The van der Waals surface area contributed by atoms with E-state index in [1.165, 1.54) is 6.07 Å². The Morgan fingerprint density at radius 3 is 2.65 bits per heavy atom. The summed E-state index contributed by atoms with van der Waals surface area (Å²) in [5.74, 6) is 0.168. The zero-order valence-electron chi connectivity index (χ0n) is 14.0. The highest BCUT2D eigenvalue weighted by atomic mass is 16.6. The molecule has 1 saturated heterocycles. The van der Waals surface area contributed by atoms with Crippen molar-refractivity contribution >= 4 is 22.5 Å². The summed E-state index contributed by atoms with van der Waals surface area (Å²) in [6.07, 6.45) is 0.317. The zero-order chi connectivity index (χ0) is 18.1. The van der Waals surface area contributed by atoms with Crippen LogP contribution in [0, 0.1) is 10.1 Å². The summed E-state index contributed by atoms with van der Waals surface area (Å²) in [6.45, 7) is 3.06. The molecular formula is C18H18N4O4. The van der Waals surface area contributed by atoms with E-state index in [1.54, 1.807) is 6.07 Å². The van der Waals surface area contributed by atoms with Gasteiger partial charge in [-0.15, -0.1) is 0 Å². The van der Waals surface area contributed by atoms with Crippen molar-refractivity contribution in [3.63, 3.8) is 0 Å². The van der Waals surface area contributed by atoms with E-state index in [2.05, 4.69) is 15.2 Å². The summed E-state index contributed by atoms with van der Waals surface area (Å²) >= 11 is 0. The van der Waals surface area contributed by atoms with E-state index in [9.17, 15) is 14.9 Å². The molecule has 2 aromatic heterocycles. The van der Waals surface area contributed by atoms with Gasteiger partial charge in [0.25, 0.3) is 5.56 Å². The van der Waals surface area contributed by atoms with Crippen LogP contribution in [-0.2, 0) is 6.42 Å². The molecule has 3 aromatic rings. The number of aromatic amines is 1. The molecule has 0 radical (unpaired) electrons. The van der Waals surface area contributed by atoms with Gasteiger partial charge in [-0.25, -0.2) is 0 Å². The molecule has 0 atom stereocenters. The molecule has 2 N–H and O–H groups in total. The van der Waals surface area contributed by atoms with Gasteiger partial charge in [0.05, 0.1) is 6.07 Å². The number of furan rings is 1. The maximum absolute atomic E-state index is 12.8. The summed E-state index contributed by atoms with van der Waals surface area (Å²) < 4.78 is 5.34. The molecule has 0 amide bonds. The van der Waals surface area contributed by atoms with Crippen LogP contribution in [0.2, 0.25) is 0 Å². The number of benzene rings is 1. The second-order valence-corrected chi connectivity index (χ2v) is 6.24. The Bertz CT molecular complexity index is 1020. The lowest BCUT2D eigenvalue weighted by atomic mass is 10.0. The van der Waals surface area contributed by atoms with Gasteiger partial charge < -0.3 is 19.6 Å². The molecule has 8 heteroatoms. The van der Waals surface area contributed by atoms with Gasteiger partial charge in [-0.3, -0.25) is 14.9 Å². The lowest BCUT2D eigenvalue weighted by molar-refractivity contribution is -0.402. The monoisotopic (exact) mass is 354 g/mol. The maximum Gasteiger partial charge on any atom is 0.433 e. The number of H-pyrrole nitrogens is 1. The van der Waals surface area contributed by atoms with Gasteiger partial charge >= 0.3 is 5.88 Å². The van der Waals surface area contributed by atoms with Crippen LogP contribution in [-0.4, -0.2) is 36.1 Å². The van der Waals surface area contributed by atoms with Crippen LogP contribution < -0.4 is 15.8 Å². The first-order chi connectivity index (χ1) is 12.6. The van der Waals surface area contributed by atoms with Crippen molar-refractivity contribution in [2.75, 3.05) is 31.1 Å². The van der Waals surface area contributed by atoms with Gasteiger partial charge in [-0.05, 0) is 17.7 Å². The minimum atomic E-state index is -0.559. The first kappa shape index (κ1) is 16.3. The minimum absolute atomic E-state index is 0.151. The van der Waals surface area contributed by atoms with E-state index in [-0.39, 0.29) is 11.4 Å². The van der Waals surface area contributed by atoms with E-state index in [4.69, 9.17) is 4.42 Å². The first-order valence-corrected chi connectivity index (χ1v) is 8.46. The minimum Gasteiger partial charge on any atom is -0.405 e. The van der Waals surface area contributed by atoms with Crippen LogP contribution in [0.1, 0.15) is 11.3 Å². The number of rotatable bonds is 4. The average molecular weight is 354 g/mol. The molecule has 4 rings (SSSR count). The standard InChI is InChI=1S/C18H18N4O4/c23-18-17(21-9-7-19-8-10-21)14(13-3-1-2-4-15(13)20-18)11-12-5-6-16(26-12)22(24)25/h1-6,19H,7-11H2,(H,20,23). The van der Waals surface area contributed by atoms with Gasteiger partial charge in [0.15, 0.2) is 0 Å². The number of nitrogens with one attached hydrogen (secondary N) is 2. The van der Waals surface area contributed by atoms with Crippen LogP contribution in [0.5, 0.6) is 0 Å². The summed E-state index contributed by atoms with van der Waals surface area (Å²) in [4.78, 5) is 28.1. The number of anilines is 1. The van der Waals surface area contributed by atoms with Crippen molar-refractivity contribution in [3.05, 3.63) is 68.2 Å². The molecule has 0 aliphatic carbocycles. The molecule has 0 unspecified atom stereocenters. The SMILES string of the molecule is O=c1[nH]c2ccccc2c(Cc2ccc([N+](=O)[O-])o2)c1N1CCNCC1. The predicted octanol–water partition coefficient (Wildman–Crippen LogP) is 2.03. The summed E-state index contributed by atoms with van der Waals surface area (Å²) in [6, 6.07) is 10.5. The molecule has 1 fully saturated rings.